The van der Waals surface area contributed by atoms with Gasteiger partial charge in [-0.15, -0.1) is 0 Å². The van der Waals surface area contributed by atoms with Gasteiger partial charge in [-0.3, -0.25) is 19.3 Å². The van der Waals surface area contributed by atoms with Crippen LogP contribution in [0.15, 0.2) is 72.4 Å². The van der Waals surface area contributed by atoms with Crippen LogP contribution < -0.4 is 14.4 Å². The number of fused-ring (bicyclic) bond motifs is 1. The molecular formula is C35H32N4O6S. The van der Waals surface area contributed by atoms with Crippen LogP contribution in [0, 0.1) is 20.8 Å². The van der Waals surface area contributed by atoms with Crippen molar-refractivity contribution in [1.29, 1.82) is 0 Å². The van der Waals surface area contributed by atoms with E-state index in [4.69, 9.17) is 9.47 Å². The summed E-state index contributed by atoms with van der Waals surface area (Å²) in [6.07, 6.45) is 1.82. The summed E-state index contributed by atoms with van der Waals surface area (Å²) in [5, 5.41) is 12.0. The Morgan fingerprint density at radius 2 is 1.74 bits per heavy atom. The summed E-state index contributed by atoms with van der Waals surface area (Å²) in [7, 11) is 0. The third-order valence-electron chi connectivity index (χ3n) is 7.88. The van der Waals surface area contributed by atoms with Gasteiger partial charge < -0.3 is 19.0 Å². The van der Waals surface area contributed by atoms with Gasteiger partial charge in [0, 0.05) is 13.1 Å². The average molecular weight is 637 g/mol. The second kappa shape index (κ2) is 12.2. The summed E-state index contributed by atoms with van der Waals surface area (Å²) in [5.74, 6) is -1.51. The van der Waals surface area contributed by atoms with Crippen molar-refractivity contribution in [3.8, 4) is 11.5 Å². The molecule has 1 fully saturated rings. The lowest BCUT2D eigenvalue weighted by Crippen LogP contribution is -2.29. The quantitative estimate of drug-likeness (QED) is 0.0840. The highest BCUT2D eigenvalue weighted by Gasteiger charge is 2.49. The lowest BCUT2D eigenvalue weighted by Gasteiger charge is -2.24. The van der Waals surface area contributed by atoms with Gasteiger partial charge in [0.2, 0.25) is 0 Å². The van der Waals surface area contributed by atoms with Crippen molar-refractivity contribution >= 4 is 45.3 Å². The van der Waals surface area contributed by atoms with Crippen molar-refractivity contribution in [3.63, 3.8) is 0 Å². The van der Waals surface area contributed by atoms with E-state index in [9.17, 15) is 19.5 Å². The van der Waals surface area contributed by atoms with Gasteiger partial charge in [-0.1, -0.05) is 53.8 Å². The average Bonchev–Trinajstić information content (AvgIpc) is 3.68. The van der Waals surface area contributed by atoms with E-state index in [0.29, 0.717) is 52.2 Å². The second-order valence-corrected chi connectivity index (χ2v) is 12.0. The van der Waals surface area contributed by atoms with E-state index in [2.05, 4.69) is 9.97 Å². The molecule has 0 bridgehead atoms. The minimum absolute atomic E-state index is 0.146. The Balaban J connectivity index is 1.53. The van der Waals surface area contributed by atoms with E-state index in [1.54, 1.807) is 32.0 Å². The molecule has 2 aromatic carbocycles. The van der Waals surface area contributed by atoms with Crippen LogP contribution in [0.3, 0.4) is 0 Å². The first-order valence-corrected chi connectivity index (χ1v) is 15.6. The summed E-state index contributed by atoms with van der Waals surface area (Å²) in [6, 6.07) is 17.5. The summed E-state index contributed by atoms with van der Waals surface area (Å²) < 4.78 is 13.9. The lowest BCUT2D eigenvalue weighted by molar-refractivity contribution is -0.132. The maximum atomic E-state index is 13.9. The fourth-order valence-electron chi connectivity index (χ4n) is 5.65. The number of pyridine rings is 1. The van der Waals surface area contributed by atoms with Crippen LogP contribution in [-0.4, -0.2) is 43.6 Å². The number of aromatic nitrogens is 3. The largest absolute Gasteiger partial charge is 0.505 e. The number of hydrogen-bond donors (Lipinski definition) is 1. The van der Waals surface area contributed by atoms with Crippen LogP contribution in [0.4, 0.5) is 5.13 Å². The Labute approximate surface area is 269 Å². The van der Waals surface area contributed by atoms with Crippen molar-refractivity contribution in [2.45, 2.75) is 47.3 Å². The predicted molar refractivity (Wildman–Crippen MR) is 175 cm³/mol. The van der Waals surface area contributed by atoms with Crippen LogP contribution in [0.1, 0.15) is 63.3 Å². The standard InChI is InChI=1S/C35H32N4O6S/c1-6-44-26-17-24(14-15-25(26)45-18-23-12-8-7-9-13-23)29-27(30(41)28-21(4)38-16-10-11-19(2)33(38)37-28)31(42)34(43)39(29)35-36-20(3)32(46-35)22(5)40/h7-17,29,41H,6,18H2,1-5H3/b30-27+. The van der Waals surface area contributed by atoms with E-state index < -0.39 is 23.5 Å². The van der Waals surface area contributed by atoms with Crippen molar-refractivity contribution < 1.29 is 29.0 Å². The summed E-state index contributed by atoms with van der Waals surface area (Å²) >= 11 is 1.02. The first-order valence-electron chi connectivity index (χ1n) is 14.8. The van der Waals surface area contributed by atoms with Crippen LogP contribution in [0.5, 0.6) is 11.5 Å². The van der Waals surface area contributed by atoms with Crippen molar-refractivity contribution in [2.24, 2.45) is 0 Å². The lowest BCUT2D eigenvalue weighted by atomic mass is 9.96. The normalized spacial score (nSPS) is 15.9. The smallest absolute Gasteiger partial charge is 0.301 e. The monoisotopic (exact) mass is 636 g/mol. The third-order valence-corrected chi connectivity index (χ3v) is 9.14. The molecular weight excluding hydrogens is 604 g/mol. The Morgan fingerprint density at radius 3 is 2.41 bits per heavy atom. The van der Waals surface area contributed by atoms with Crippen molar-refractivity contribution in [2.75, 3.05) is 11.5 Å². The first-order chi connectivity index (χ1) is 22.1. The Kier molecular flexibility index (Phi) is 8.18. The minimum atomic E-state index is -1.10. The Morgan fingerprint density at radius 1 is 0.978 bits per heavy atom. The zero-order valence-electron chi connectivity index (χ0n) is 26.0. The predicted octanol–water partition coefficient (Wildman–Crippen LogP) is 6.52. The number of Topliss-reactive ketones (excluding diaryl/α,β-unsaturated/α-hetero) is 2. The fourth-order valence-corrected chi connectivity index (χ4v) is 6.64. The van der Waals surface area contributed by atoms with Gasteiger partial charge in [0.15, 0.2) is 28.2 Å². The molecule has 1 unspecified atom stereocenters. The fraction of sp³-hybridized carbons (Fsp3) is 0.229. The molecule has 3 aromatic heterocycles. The van der Waals surface area contributed by atoms with E-state index >= 15 is 0 Å². The number of thiazole rings is 1. The molecule has 10 nitrogen and oxygen atoms in total. The minimum Gasteiger partial charge on any atom is -0.505 e. The van der Waals surface area contributed by atoms with Crippen LogP contribution in [0.25, 0.3) is 11.4 Å². The molecule has 1 aliphatic heterocycles. The summed E-state index contributed by atoms with van der Waals surface area (Å²) in [6.45, 7) is 9.27. The van der Waals surface area contributed by atoms with Gasteiger partial charge in [-0.05, 0) is 62.6 Å². The van der Waals surface area contributed by atoms with Gasteiger partial charge in [-0.25, -0.2) is 9.97 Å². The number of ether oxygens (including phenoxy) is 2. The molecule has 1 aliphatic rings. The van der Waals surface area contributed by atoms with E-state index in [0.717, 1.165) is 22.5 Å². The number of aryl methyl sites for hydroxylation is 3. The number of carbonyl (C=O) groups excluding carboxylic acids is 3. The molecule has 11 heteroatoms. The highest BCUT2D eigenvalue weighted by Crippen LogP contribution is 2.46. The molecule has 1 N–H and O–H groups in total. The van der Waals surface area contributed by atoms with Gasteiger partial charge in [0.1, 0.15) is 17.9 Å². The Bertz CT molecular complexity index is 2040. The number of aliphatic hydroxyl groups excluding tert-OH is 1. The zero-order chi connectivity index (χ0) is 32.7. The van der Waals surface area contributed by atoms with Gasteiger partial charge in [0.25, 0.3) is 5.78 Å². The summed E-state index contributed by atoms with van der Waals surface area (Å²) in [4.78, 5) is 50.8. The topological polar surface area (TPSA) is 123 Å². The number of ketones is 2. The molecule has 0 saturated carbocycles. The number of rotatable bonds is 9. The van der Waals surface area contributed by atoms with E-state index in [1.165, 1.54) is 11.8 Å². The molecule has 1 saturated heterocycles. The maximum Gasteiger partial charge on any atom is 0.301 e. The zero-order valence-corrected chi connectivity index (χ0v) is 26.8. The van der Waals surface area contributed by atoms with Crippen LogP contribution >= 0.6 is 11.3 Å². The van der Waals surface area contributed by atoms with Crippen molar-refractivity contribution in [1.82, 2.24) is 14.4 Å². The molecule has 4 heterocycles. The Hall–Kier alpha value is -5.29. The number of imidazole rings is 1. The molecule has 6 rings (SSSR count). The van der Waals surface area contributed by atoms with Crippen LogP contribution in [-0.2, 0) is 16.2 Å². The maximum absolute atomic E-state index is 13.9. The molecule has 0 aliphatic carbocycles. The molecule has 0 spiro atoms. The molecule has 1 amide bonds. The first kappa shape index (κ1) is 30.7. The molecule has 0 radical (unpaired) electrons. The number of anilines is 1. The van der Waals surface area contributed by atoms with Gasteiger partial charge >= 0.3 is 5.91 Å². The second-order valence-electron chi connectivity index (χ2n) is 11.0. The number of benzene rings is 2. The number of carbonyl (C=O) groups is 3. The van der Waals surface area contributed by atoms with Gasteiger partial charge in [-0.2, -0.15) is 0 Å². The van der Waals surface area contributed by atoms with Crippen molar-refractivity contribution in [3.05, 3.63) is 111 Å². The SMILES string of the molecule is CCOc1cc(C2/C(=C(\O)c3nc4c(C)cccn4c3C)C(=O)C(=O)N2c2nc(C)c(C(C)=O)s2)ccc1OCc1ccccc1. The molecule has 234 valence electrons. The highest BCUT2D eigenvalue weighted by molar-refractivity contribution is 7.18. The van der Waals surface area contributed by atoms with E-state index in [1.807, 2.05) is 66.9 Å². The number of hydrogen-bond acceptors (Lipinski definition) is 9. The molecule has 5 aromatic rings. The molecule has 46 heavy (non-hydrogen) atoms. The number of nitrogens with zero attached hydrogens (tertiary/aromatic N) is 4. The molecule has 1 atom stereocenters. The highest BCUT2D eigenvalue weighted by atomic mass is 32.1. The number of aliphatic hydroxyl groups is 1. The third kappa shape index (κ3) is 5.32. The number of amides is 1. The summed E-state index contributed by atoms with van der Waals surface area (Å²) in [5.41, 5.74) is 4.03. The van der Waals surface area contributed by atoms with Gasteiger partial charge in [0.05, 0.1) is 34.5 Å². The van der Waals surface area contributed by atoms with Crippen LogP contribution in [0.2, 0.25) is 0 Å². The van der Waals surface area contributed by atoms with E-state index in [-0.39, 0.29) is 22.2 Å².